The van der Waals surface area contributed by atoms with Crippen LogP contribution in [-0.4, -0.2) is 25.3 Å². The summed E-state index contributed by atoms with van der Waals surface area (Å²) in [7, 11) is -2.78. The minimum Gasteiger partial charge on any atom is -0.229 e. The molecule has 0 saturated carbocycles. The first-order valence-corrected chi connectivity index (χ1v) is 7.15. The number of rotatable bonds is 3. The van der Waals surface area contributed by atoms with Gasteiger partial charge < -0.3 is 0 Å². The molecule has 1 aliphatic rings. The third-order valence-electron chi connectivity index (χ3n) is 2.57. The van der Waals surface area contributed by atoms with Crippen molar-refractivity contribution in [2.24, 2.45) is 5.92 Å². The summed E-state index contributed by atoms with van der Waals surface area (Å²) in [5, 5.41) is 0.0556. The van der Waals surface area contributed by atoms with E-state index in [-0.39, 0.29) is 11.3 Å². The van der Waals surface area contributed by atoms with E-state index in [4.69, 9.17) is 11.6 Å². The molecule has 0 bridgehead atoms. The SMILES string of the molecule is CCCC(Cl)C1CCCS(=O)(=O)C1. The van der Waals surface area contributed by atoms with Crippen LogP contribution in [0.3, 0.4) is 0 Å². The molecule has 0 amide bonds. The molecule has 0 aliphatic carbocycles. The Bertz CT molecular complexity index is 248. The van der Waals surface area contributed by atoms with Crippen LogP contribution >= 0.6 is 11.6 Å². The first-order chi connectivity index (χ1) is 6.05. The molecule has 1 heterocycles. The molecule has 1 fully saturated rings. The van der Waals surface area contributed by atoms with Gasteiger partial charge in [0.25, 0.3) is 0 Å². The Balaban J connectivity index is 2.51. The lowest BCUT2D eigenvalue weighted by Crippen LogP contribution is -2.30. The summed E-state index contributed by atoms with van der Waals surface area (Å²) < 4.78 is 22.6. The molecule has 2 atom stereocenters. The molecule has 78 valence electrons. The topological polar surface area (TPSA) is 34.1 Å². The van der Waals surface area contributed by atoms with E-state index in [0.717, 1.165) is 25.7 Å². The summed E-state index contributed by atoms with van der Waals surface area (Å²) >= 11 is 6.12. The Morgan fingerprint density at radius 3 is 2.77 bits per heavy atom. The maximum atomic E-state index is 11.3. The molecule has 1 saturated heterocycles. The molecule has 1 aliphatic heterocycles. The minimum absolute atomic E-state index is 0.0556. The van der Waals surface area contributed by atoms with Crippen LogP contribution in [0.1, 0.15) is 32.6 Å². The molecule has 0 aromatic carbocycles. The summed E-state index contributed by atoms with van der Waals surface area (Å²) in [6.45, 7) is 2.08. The van der Waals surface area contributed by atoms with Crippen molar-refractivity contribution in [3.05, 3.63) is 0 Å². The molecule has 2 unspecified atom stereocenters. The van der Waals surface area contributed by atoms with Gasteiger partial charge in [0, 0.05) is 5.38 Å². The van der Waals surface area contributed by atoms with E-state index in [0.29, 0.717) is 11.5 Å². The average molecular weight is 225 g/mol. The summed E-state index contributed by atoms with van der Waals surface area (Å²) in [6.07, 6.45) is 3.74. The van der Waals surface area contributed by atoms with E-state index in [2.05, 4.69) is 6.92 Å². The van der Waals surface area contributed by atoms with Gasteiger partial charge in [0.2, 0.25) is 0 Å². The van der Waals surface area contributed by atoms with E-state index < -0.39 is 9.84 Å². The lowest BCUT2D eigenvalue weighted by Gasteiger charge is -2.25. The van der Waals surface area contributed by atoms with Gasteiger partial charge in [0.1, 0.15) is 0 Å². The summed E-state index contributed by atoms with van der Waals surface area (Å²) in [4.78, 5) is 0. The van der Waals surface area contributed by atoms with Crippen molar-refractivity contribution in [2.45, 2.75) is 38.0 Å². The highest BCUT2D eigenvalue weighted by Gasteiger charge is 2.29. The maximum absolute atomic E-state index is 11.3. The average Bonchev–Trinajstić information content (AvgIpc) is 2.03. The van der Waals surface area contributed by atoms with E-state index in [1.807, 2.05) is 0 Å². The predicted octanol–water partition coefficient (Wildman–Crippen LogP) is 2.22. The second-order valence-corrected chi connectivity index (χ2v) is 6.61. The van der Waals surface area contributed by atoms with E-state index in [1.54, 1.807) is 0 Å². The standard InChI is InChI=1S/C9H17ClO2S/c1-2-4-9(10)8-5-3-6-13(11,12)7-8/h8-9H,2-7H2,1H3. The van der Waals surface area contributed by atoms with Gasteiger partial charge in [-0.2, -0.15) is 0 Å². The number of alkyl halides is 1. The van der Waals surface area contributed by atoms with Gasteiger partial charge in [-0.1, -0.05) is 13.3 Å². The van der Waals surface area contributed by atoms with Crippen LogP contribution in [0.25, 0.3) is 0 Å². The van der Waals surface area contributed by atoms with Crippen LogP contribution in [0.2, 0.25) is 0 Å². The van der Waals surface area contributed by atoms with Crippen molar-refractivity contribution >= 4 is 21.4 Å². The Kier molecular flexibility index (Phi) is 4.05. The summed E-state index contributed by atoms with van der Waals surface area (Å²) in [6, 6.07) is 0. The van der Waals surface area contributed by atoms with Crippen molar-refractivity contribution in [3.63, 3.8) is 0 Å². The summed E-state index contributed by atoms with van der Waals surface area (Å²) in [5.74, 6) is 0.862. The zero-order valence-corrected chi connectivity index (χ0v) is 9.57. The second-order valence-electron chi connectivity index (χ2n) is 3.82. The van der Waals surface area contributed by atoms with Crippen molar-refractivity contribution in [1.29, 1.82) is 0 Å². The number of hydrogen-bond acceptors (Lipinski definition) is 2. The molecule has 1 rings (SSSR count). The number of hydrogen-bond donors (Lipinski definition) is 0. The van der Waals surface area contributed by atoms with Gasteiger partial charge >= 0.3 is 0 Å². The minimum atomic E-state index is -2.78. The molecule has 0 aromatic rings. The van der Waals surface area contributed by atoms with Gasteiger partial charge in [-0.25, -0.2) is 8.42 Å². The lowest BCUT2D eigenvalue weighted by molar-refractivity contribution is 0.450. The molecule has 13 heavy (non-hydrogen) atoms. The van der Waals surface area contributed by atoms with Gasteiger partial charge in [-0.05, 0) is 25.2 Å². The van der Waals surface area contributed by atoms with Crippen LogP contribution in [0.5, 0.6) is 0 Å². The van der Waals surface area contributed by atoms with Crippen molar-refractivity contribution in [1.82, 2.24) is 0 Å². The Hall–Kier alpha value is 0.240. The highest BCUT2D eigenvalue weighted by atomic mass is 35.5. The smallest absolute Gasteiger partial charge is 0.150 e. The first-order valence-electron chi connectivity index (χ1n) is 4.89. The largest absolute Gasteiger partial charge is 0.229 e. The van der Waals surface area contributed by atoms with Crippen LogP contribution in [0.4, 0.5) is 0 Å². The van der Waals surface area contributed by atoms with E-state index >= 15 is 0 Å². The lowest BCUT2D eigenvalue weighted by atomic mass is 9.98. The van der Waals surface area contributed by atoms with Crippen LogP contribution in [0.15, 0.2) is 0 Å². The highest BCUT2D eigenvalue weighted by Crippen LogP contribution is 2.27. The third kappa shape index (κ3) is 3.47. The molecular formula is C9H17ClO2S. The molecule has 0 aromatic heterocycles. The summed E-state index contributed by atoms with van der Waals surface area (Å²) in [5.41, 5.74) is 0. The van der Waals surface area contributed by atoms with Crippen molar-refractivity contribution in [2.75, 3.05) is 11.5 Å². The highest BCUT2D eigenvalue weighted by molar-refractivity contribution is 7.91. The second kappa shape index (κ2) is 4.65. The van der Waals surface area contributed by atoms with Crippen molar-refractivity contribution < 1.29 is 8.42 Å². The van der Waals surface area contributed by atoms with Crippen molar-refractivity contribution in [3.8, 4) is 0 Å². The first kappa shape index (κ1) is 11.3. The van der Waals surface area contributed by atoms with Crippen LogP contribution in [0, 0.1) is 5.92 Å². The predicted molar refractivity (Wildman–Crippen MR) is 55.9 cm³/mol. The molecular weight excluding hydrogens is 208 g/mol. The number of halogens is 1. The number of sulfone groups is 1. The fourth-order valence-corrected chi connectivity index (χ4v) is 4.22. The molecule has 0 spiro atoms. The van der Waals surface area contributed by atoms with Gasteiger partial charge in [0.15, 0.2) is 9.84 Å². The normalized spacial score (nSPS) is 29.8. The van der Waals surface area contributed by atoms with Gasteiger partial charge in [-0.3, -0.25) is 0 Å². The van der Waals surface area contributed by atoms with Crippen LogP contribution < -0.4 is 0 Å². The van der Waals surface area contributed by atoms with E-state index in [1.165, 1.54) is 0 Å². The molecule has 4 heteroatoms. The van der Waals surface area contributed by atoms with E-state index in [9.17, 15) is 8.42 Å². The quantitative estimate of drug-likeness (QED) is 0.689. The van der Waals surface area contributed by atoms with Gasteiger partial charge in [0.05, 0.1) is 11.5 Å². The Morgan fingerprint density at radius 1 is 1.54 bits per heavy atom. The molecule has 2 nitrogen and oxygen atoms in total. The Labute approximate surface area is 85.6 Å². The third-order valence-corrected chi connectivity index (χ3v) is 5.00. The van der Waals surface area contributed by atoms with Gasteiger partial charge in [-0.15, -0.1) is 11.6 Å². The zero-order chi connectivity index (χ0) is 9.90. The zero-order valence-electron chi connectivity index (χ0n) is 8.00. The maximum Gasteiger partial charge on any atom is 0.150 e. The molecule has 0 N–H and O–H groups in total. The fraction of sp³-hybridized carbons (Fsp3) is 1.00. The van der Waals surface area contributed by atoms with Crippen LogP contribution in [-0.2, 0) is 9.84 Å². The fourth-order valence-electron chi connectivity index (χ4n) is 1.86. The Morgan fingerprint density at radius 2 is 2.23 bits per heavy atom. The monoisotopic (exact) mass is 224 g/mol. The molecule has 0 radical (unpaired) electrons.